The molecule has 4 rings (SSSR count). The number of fused-ring (bicyclic) bond motifs is 1. The quantitative estimate of drug-likeness (QED) is 0.327. The highest BCUT2D eigenvalue weighted by Gasteiger charge is 2.07. The second-order valence-corrected chi connectivity index (χ2v) is 7.46. The van der Waals surface area contributed by atoms with E-state index in [0.29, 0.717) is 18.1 Å². The van der Waals surface area contributed by atoms with E-state index in [0.717, 1.165) is 40.9 Å². The van der Waals surface area contributed by atoms with Crippen molar-refractivity contribution in [2.24, 2.45) is 0 Å². The average molecular weight is 437 g/mol. The van der Waals surface area contributed by atoms with E-state index in [4.69, 9.17) is 16.3 Å². The smallest absolute Gasteiger partial charge is 0.141 e. The van der Waals surface area contributed by atoms with Gasteiger partial charge in [0, 0.05) is 23.3 Å². The van der Waals surface area contributed by atoms with E-state index in [2.05, 4.69) is 27.5 Å². The zero-order chi connectivity index (χ0) is 21.6. The number of nitrogens with one attached hydrogen (secondary N) is 2. The van der Waals surface area contributed by atoms with Gasteiger partial charge in [0.25, 0.3) is 0 Å². The van der Waals surface area contributed by atoms with Crippen molar-refractivity contribution in [1.82, 2.24) is 9.97 Å². The number of halogens is 2. The van der Waals surface area contributed by atoms with Gasteiger partial charge in [-0.15, -0.1) is 0 Å². The van der Waals surface area contributed by atoms with Crippen molar-refractivity contribution >= 4 is 39.7 Å². The van der Waals surface area contributed by atoms with E-state index in [1.807, 2.05) is 42.5 Å². The Balaban J connectivity index is 1.50. The molecule has 0 aliphatic heterocycles. The molecule has 0 spiro atoms. The molecule has 0 amide bonds. The number of ether oxygens (including phenoxy) is 1. The van der Waals surface area contributed by atoms with Gasteiger partial charge in [0.05, 0.1) is 17.1 Å². The maximum absolute atomic E-state index is 13.4. The van der Waals surface area contributed by atoms with Crippen LogP contribution in [0.4, 0.5) is 21.6 Å². The number of hydrogen-bond donors (Lipinski definition) is 2. The van der Waals surface area contributed by atoms with Crippen molar-refractivity contribution in [3.8, 4) is 5.75 Å². The van der Waals surface area contributed by atoms with Gasteiger partial charge < -0.3 is 15.4 Å². The lowest BCUT2D eigenvalue weighted by Gasteiger charge is -2.12. The highest BCUT2D eigenvalue weighted by Crippen LogP contribution is 2.28. The van der Waals surface area contributed by atoms with Gasteiger partial charge in [0.1, 0.15) is 23.7 Å². The topological polar surface area (TPSA) is 59.1 Å². The lowest BCUT2D eigenvalue weighted by Crippen LogP contribution is -2.01. The molecule has 4 aromatic rings. The van der Waals surface area contributed by atoms with Crippen molar-refractivity contribution < 1.29 is 9.13 Å². The molecule has 0 aliphatic carbocycles. The normalized spacial score (nSPS) is 10.8. The number of aromatic nitrogens is 2. The van der Waals surface area contributed by atoms with Crippen LogP contribution in [0.1, 0.15) is 18.9 Å². The van der Waals surface area contributed by atoms with Crippen LogP contribution in [0.15, 0.2) is 67.0 Å². The standard InChI is InChI=1S/C24H22ClFN4O/c1-2-11-31-19-7-3-16(4-8-19)14-27-17-6-10-23-20(12-17)24(29-15-28-23)30-18-5-9-22(26)21(25)13-18/h3-10,12-13,15,27H,2,11,14H2,1H3,(H,28,29,30). The lowest BCUT2D eigenvalue weighted by molar-refractivity contribution is 0.317. The molecule has 0 aliphatic rings. The summed E-state index contributed by atoms with van der Waals surface area (Å²) in [5.74, 6) is 1.04. The molecule has 3 aromatic carbocycles. The largest absolute Gasteiger partial charge is 0.494 e. The van der Waals surface area contributed by atoms with Gasteiger partial charge in [0.15, 0.2) is 0 Å². The fourth-order valence-electron chi connectivity index (χ4n) is 3.10. The Morgan fingerprint density at radius 3 is 2.55 bits per heavy atom. The molecule has 0 unspecified atom stereocenters. The van der Waals surface area contributed by atoms with Gasteiger partial charge >= 0.3 is 0 Å². The summed E-state index contributed by atoms with van der Waals surface area (Å²) in [5.41, 5.74) is 3.53. The van der Waals surface area contributed by atoms with E-state index in [1.165, 1.54) is 18.5 Å². The van der Waals surface area contributed by atoms with Gasteiger partial charge in [-0.1, -0.05) is 30.7 Å². The first-order valence-corrected chi connectivity index (χ1v) is 10.4. The van der Waals surface area contributed by atoms with Crippen molar-refractivity contribution in [2.45, 2.75) is 19.9 Å². The van der Waals surface area contributed by atoms with Crippen LogP contribution in [0, 0.1) is 5.82 Å². The van der Waals surface area contributed by atoms with Crippen LogP contribution in [0.5, 0.6) is 5.75 Å². The summed E-state index contributed by atoms with van der Waals surface area (Å²) < 4.78 is 19.1. The van der Waals surface area contributed by atoms with E-state index < -0.39 is 5.82 Å². The maximum Gasteiger partial charge on any atom is 0.141 e. The van der Waals surface area contributed by atoms with Gasteiger partial charge in [-0.3, -0.25) is 0 Å². The summed E-state index contributed by atoms with van der Waals surface area (Å²) >= 11 is 5.89. The van der Waals surface area contributed by atoms with Crippen LogP contribution in [0.25, 0.3) is 10.9 Å². The molecule has 0 bridgehead atoms. The monoisotopic (exact) mass is 436 g/mol. The zero-order valence-electron chi connectivity index (χ0n) is 17.0. The number of nitrogens with zero attached hydrogens (tertiary/aromatic N) is 2. The second kappa shape index (κ2) is 9.62. The first kappa shape index (κ1) is 20.9. The predicted molar refractivity (Wildman–Crippen MR) is 124 cm³/mol. The second-order valence-electron chi connectivity index (χ2n) is 7.05. The molecule has 31 heavy (non-hydrogen) atoms. The van der Waals surface area contributed by atoms with Crippen LogP contribution in [-0.4, -0.2) is 16.6 Å². The van der Waals surface area contributed by atoms with E-state index in [1.54, 1.807) is 6.07 Å². The summed E-state index contributed by atoms with van der Waals surface area (Å²) in [7, 11) is 0. The van der Waals surface area contributed by atoms with Crippen molar-refractivity contribution in [3.63, 3.8) is 0 Å². The Bertz CT molecular complexity index is 1180. The third kappa shape index (κ3) is 5.22. The molecule has 7 heteroatoms. The van der Waals surface area contributed by atoms with Crippen LogP contribution < -0.4 is 15.4 Å². The molecular formula is C24H22ClFN4O. The summed E-state index contributed by atoms with van der Waals surface area (Å²) in [6.45, 7) is 3.48. The van der Waals surface area contributed by atoms with Crippen LogP contribution in [0.2, 0.25) is 5.02 Å². The summed E-state index contributed by atoms with van der Waals surface area (Å²) in [4.78, 5) is 8.68. The molecule has 0 radical (unpaired) electrons. The van der Waals surface area contributed by atoms with Crippen molar-refractivity contribution in [1.29, 1.82) is 0 Å². The SMILES string of the molecule is CCCOc1ccc(CNc2ccc3ncnc(Nc4ccc(F)c(Cl)c4)c3c2)cc1. The number of benzene rings is 3. The first-order valence-electron chi connectivity index (χ1n) is 10.0. The van der Waals surface area contributed by atoms with E-state index in [9.17, 15) is 4.39 Å². The number of hydrogen-bond acceptors (Lipinski definition) is 5. The Hall–Kier alpha value is -3.38. The predicted octanol–water partition coefficient (Wildman–Crippen LogP) is 6.57. The molecule has 1 aromatic heterocycles. The number of anilines is 3. The Morgan fingerprint density at radius 2 is 1.77 bits per heavy atom. The summed E-state index contributed by atoms with van der Waals surface area (Å²) in [6, 6.07) is 18.4. The van der Waals surface area contributed by atoms with Gasteiger partial charge in [-0.25, -0.2) is 14.4 Å². The van der Waals surface area contributed by atoms with Crippen molar-refractivity contribution in [3.05, 3.63) is 83.4 Å². The Kier molecular flexibility index (Phi) is 6.48. The van der Waals surface area contributed by atoms with Gasteiger partial charge in [-0.2, -0.15) is 0 Å². The Morgan fingerprint density at radius 1 is 0.968 bits per heavy atom. The minimum Gasteiger partial charge on any atom is -0.494 e. The van der Waals surface area contributed by atoms with Crippen LogP contribution in [-0.2, 0) is 6.54 Å². The molecule has 0 saturated carbocycles. The van der Waals surface area contributed by atoms with E-state index in [-0.39, 0.29) is 5.02 Å². The third-order valence-electron chi connectivity index (χ3n) is 4.71. The molecule has 0 fully saturated rings. The third-order valence-corrected chi connectivity index (χ3v) is 5.00. The fraction of sp³-hybridized carbons (Fsp3) is 0.167. The Labute approximate surface area is 185 Å². The number of rotatable bonds is 8. The van der Waals surface area contributed by atoms with Crippen molar-refractivity contribution in [2.75, 3.05) is 17.2 Å². The molecule has 2 N–H and O–H groups in total. The van der Waals surface area contributed by atoms with Crippen LogP contribution in [0.3, 0.4) is 0 Å². The summed E-state index contributed by atoms with van der Waals surface area (Å²) in [5, 5.41) is 7.52. The molecule has 0 atom stereocenters. The first-order chi connectivity index (χ1) is 15.1. The highest BCUT2D eigenvalue weighted by atomic mass is 35.5. The zero-order valence-corrected chi connectivity index (χ0v) is 17.8. The highest BCUT2D eigenvalue weighted by molar-refractivity contribution is 6.31. The van der Waals surface area contributed by atoms with Crippen LogP contribution >= 0.6 is 11.6 Å². The van der Waals surface area contributed by atoms with Gasteiger partial charge in [-0.05, 0) is 60.5 Å². The lowest BCUT2D eigenvalue weighted by atomic mass is 10.1. The summed E-state index contributed by atoms with van der Waals surface area (Å²) in [6.07, 6.45) is 2.48. The molecule has 158 valence electrons. The maximum atomic E-state index is 13.4. The fourth-order valence-corrected chi connectivity index (χ4v) is 3.28. The molecule has 5 nitrogen and oxygen atoms in total. The average Bonchev–Trinajstić information content (AvgIpc) is 2.79. The molecule has 1 heterocycles. The van der Waals surface area contributed by atoms with E-state index >= 15 is 0 Å². The molecule has 0 saturated heterocycles. The van der Waals surface area contributed by atoms with Gasteiger partial charge in [0.2, 0.25) is 0 Å². The minimum atomic E-state index is -0.462. The minimum absolute atomic E-state index is 0.0526. The molecular weight excluding hydrogens is 415 g/mol.